The van der Waals surface area contributed by atoms with Gasteiger partial charge >= 0.3 is 0 Å². The van der Waals surface area contributed by atoms with Crippen molar-refractivity contribution in [2.75, 3.05) is 5.75 Å². The summed E-state index contributed by atoms with van der Waals surface area (Å²) in [6.45, 7) is 6.49. The highest BCUT2D eigenvalue weighted by atomic mass is 32.2. The summed E-state index contributed by atoms with van der Waals surface area (Å²) in [6.07, 6.45) is 6.40. The quantitative estimate of drug-likeness (QED) is 0.666. The van der Waals surface area contributed by atoms with Crippen LogP contribution in [0, 0.1) is 5.92 Å². The molecule has 0 saturated heterocycles. The van der Waals surface area contributed by atoms with Crippen molar-refractivity contribution in [1.29, 1.82) is 0 Å². The van der Waals surface area contributed by atoms with E-state index in [2.05, 4.69) is 32.9 Å². The summed E-state index contributed by atoms with van der Waals surface area (Å²) in [5.41, 5.74) is 0. The van der Waals surface area contributed by atoms with Gasteiger partial charge in [-0.2, -0.15) is 0 Å². The minimum absolute atomic E-state index is 0.240. The Morgan fingerprint density at radius 2 is 2.33 bits per heavy atom. The van der Waals surface area contributed by atoms with Crippen LogP contribution in [0.5, 0.6) is 0 Å². The monoisotopic (exact) mass is 184 g/mol. The Kier molecular flexibility index (Phi) is 3.73. The lowest BCUT2D eigenvalue weighted by Gasteiger charge is -2.17. The Morgan fingerprint density at radius 3 is 2.92 bits per heavy atom. The van der Waals surface area contributed by atoms with Crippen molar-refractivity contribution in [3.63, 3.8) is 0 Å². The minimum Gasteiger partial charge on any atom is -0.480 e. The number of thioether (sulfide) groups is 1. The fraction of sp³-hybridized carbons (Fsp3) is 0.600. The lowest BCUT2D eigenvalue weighted by Crippen LogP contribution is -2.06. The van der Waals surface area contributed by atoms with E-state index in [9.17, 15) is 0 Å². The summed E-state index contributed by atoms with van der Waals surface area (Å²) in [5, 5.41) is 1.05. The zero-order valence-corrected chi connectivity index (χ0v) is 8.73. The number of ether oxygens (including phenoxy) is 1. The topological polar surface area (TPSA) is 9.23 Å². The van der Waals surface area contributed by atoms with Gasteiger partial charge in [0.25, 0.3) is 0 Å². The summed E-state index contributed by atoms with van der Waals surface area (Å²) in [6, 6.07) is 0. The highest BCUT2D eigenvalue weighted by Crippen LogP contribution is 2.24. The summed E-state index contributed by atoms with van der Waals surface area (Å²) in [5.74, 6) is 1.85. The lowest BCUT2D eigenvalue weighted by atomic mass is 10.3. The van der Waals surface area contributed by atoms with Gasteiger partial charge in [-0.05, 0) is 25.0 Å². The Morgan fingerprint density at radius 1 is 1.58 bits per heavy atom. The Hall–Kier alpha value is -0.370. The second kappa shape index (κ2) is 4.61. The average Bonchev–Trinajstić information content (AvgIpc) is 2.01. The SMILES string of the molecule is CC(C)CSC1=CC=C[C@@H](C)O1. The number of hydrogen-bond donors (Lipinski definition) is 0. The van der Waals surface area contributed by atoms with Gasteiger partial charge in [-0.1, -0.05) is 31.7 Å². The second-order valence-corrected chi connectivity index (χ2v) is 4.42. The molecule has 0 spiro atoms. The van der Waals surface area contributed by atoms with E-state index in [1.165, 1.54) is 0 Å². The standard InChI is InChI=1S/C10H16OS/c1-8(2)7-12-10-6-4-5-9(3)11-10/h4-6,8-9H,7H2,1-3H3/t9-/m1/s1. The zero-order valence-electron chi connectivity index (χ0n) is 7.91. The van der Waals surface area contributed by atoms with Crippen molar-refractivity contribution in [2.45, 2.75) is 26.9 Å². The average molecular weight is 184 g/mol. The van der Waals surface area contributed by atoms with Crippen LogP contribution >= 0.6 is 11.8 Å². The molecule has 0 aromatic carbocycles. The van der Waals surface area contributed by atoms with Gasteiger partial charge in [0.2, 0.25) is 0 Å². The number of rotatable bonds is 3. The van der Waals surface area contributed by atoms with Crippen molar-refractivity contribution in [2.24, 2.45) is 5.92 Å². The molecule has 0 aromatic rings. The first-order valence-corrected chi connectivity index (χ1v) is 5.35. The highest BCUT2D eigenvalue weighted by molar-refractivity contribution is 8.02. The molecule has 0 unspecified atom stereocenters. The van der Waals surface area contributed by atoms with Crippen LogP contribution in [-0.2, 0) is 4.74 Å². The summed E-state index contributed by atoms with van der Waals surface area (Å²) in [4.78, 5) is 0. The fourth-order valence-electron chi connectivity index (χ4n) is 0.883. The third-order valence-electron chi connectivity index (χ3n) is 1.48. The van der Waals surface area contributed by atoms with Crippen LogP contribution in [0.1, 0.15) is 20.8 Å². The first-order valence-electron chi connectivity index (χ1n) is 4.36. The van der Waals surface area contributed by atoms with E-state index in [1.807, 2.05) is 6.08 Å². The molecule has 0 radical (unpaired) electrons. The molecule has 0 fully saturated rings. The molecule has 12 heavy (non-hydrogen) atoms. The van der Waals surface area contributed by atoms with Crippen molar-refractivity contribution < 1.29 is 4.74 Å². The molecule has 0 N–H and O–H groups in total. The van der Waals surface area contributed by atoms with Crippen LogP contribution in [0.4, 0.5) is 0 Å². The maximum atomic E-state index is 5.57. The molecular weight excluding hydrogens is 168 g/mol. The van der Waals surface area contributed by atoms with Crippen molar-refractivity contribution in [3.05, 3.63) is 23.3 Å². The van der Waals surface area contributed by atoms with E-state index in [0.717, 1.165) is 16.8 Å². The van der Waals surface area contributed by atoms with Crippen LogP contribution in [0.15, 0.2) is 23.3 Å². The smallest absolute Gasteiger partial charge is 0.154 e. The van der Waals surface area contributed by atoms with E-state index in [1.54, 1.807) is 11.8 Å². The van der Waals surface area contributed by atoms with Gasteiger partial charge in [-0.25, -0.2) is 0 Å². The predicted molar refractivity (Wildman–Crippen MR) is 55.1 cm³/mol. The van der Waals surface area contributed by atoms with E-state index in [-0.39, 0.29) is 6.10 Å². The van der Waals surface area contributed by atoms with Crippen LogP contribution in [-0.4, -0.2) is 11.9 Å². The maximum absolute atomic E-state index is 5.57. The number of allylic oxidation sites excluding steroid dienone is 2. The van der Waals surface area contributed by atoms with Crippen molar-refractivity contribution in [3.8, 4) is 0 Å². The van der Waals surface area contributed by atoms with E-state index >= 15 is 0 Å². The Balaban J connectivity index is 2.33. The second-order valence-electron chi connectivity index (χ2n) is 3.40. The molecule has 0 bridgehead atoms. The highest BCUT2D eigenvalue weighted by Gasteiger charge is 2.07. The molecule has 1 rings (SSSR count). The molecule has 0 amide bonds. The molecule has 0 saturated carbocycles. The van der Waals surface area contributed by atoms with Crippen molar-refractivity contribution in [1.82, 2.24) is 0 Å². The largest absolute Gasteiger partial charge is 0.480 e. The Bertz CT molecular complexity index is 194. The van der Waals surface area contributed by atoms with Crippen LogP contribution in [0.2, 0.25) is 0 Å². The predicted octanol–water partition coefficient (Wildman–Crippen LogP) is 3.19. The molecule has 0 aliphatic carbocycles. The summed E-state index contributed by atoms with van der Waals surface area (Å²) in [7, 11) is 0. The maximum Gasteiger partial charge on any atom is 0.154 e. The molecule has 1 aliphatic heterocycles. The molecule has 1 atom stereocenters. The summed E-state index contributed by atoms with van der Waals surface area (Å²) < 4.78 is 5.57. The van der Waals surface area contributed by atoms with E-state index < -0.39 is 0 Å². The molecule has 0 aromatic heterocycles. The molecule has 1 heterocycles. The fourth-order valence-corrected chi connectivity index (χ4v) is 1.78. The summed E-state index contributed by atoms with van der Waals surface area (Å²) >= 11 is 1.80. The minimum atomic E-state index is 0.240. The molecular formula is C10H16OS. The van der Waals surface area contributed by atoms with Crippen LogP contribution < -0.4 is 0 Å². The van der Waals surface area contributed by atoms with Crippen LogP contribution in [0.3, 0.4) is 0 Å². The lowest BCUT2D eigenvalue weighted by molar-refractivity contribution is 0.190. The number of hydrogen-bond acceptors (Lipinski definition) is 2. The molecule has 1 nitrogen and oxygen atoms in total. The van der Waals surface area contributed by atoms with E-state index in [0.29, 0.717) is 0 Å². The molecule has 68 valence electrons. The normalized spacial score (nSPS) is 22.3. The van der Waals surface area contributed by atoms with Gasteiger partial charge in [-0.15, -0.1) is 0 Å². The third kappa shape index (κ3) is 3.35. The van der Waals surface area contributed by atoms with Crippen molar-refractivity contribution >= 4 is 11.8 Å². The van der Waals surface area contributed by atoms with Gasteiger partial charge in [0.05, 0.1) is 0 Å². The zero-order chi connectivity index (χ0) is 8.97. The molecule has 2 heteroatoms. The van der Waals surface area contributed by atoms with Gasteiger partial charge in [-0.3, -0.25) is 0 Å². The van der Waals surface area contributed by atoms with E-state index in [4.69, 9.17) is 4.74 Å². The van der Waals surface area contributed by atoms with Gasteiger partial charge < -0.3 is 4.74 Å². The first-order chi connectivity index (χ1) is 5.68. The first kappa shape index (κ1) is 9.72. The van der Waals surface area contributed by atoms with Gasteiger partial charge in [0.15, 0.2) is 5.09 Å². The third-order valence-corrected chi connectivity index (χ3v) is 2.83. The van der Waals surface area contributed by atoms with Crippen LogP contribution in [0.25, 0.3) is 0 Å². The van der Waals surface area contributed by atoms with Gasteiger partial charge in [0.1, 0.15) is 6.10 Å². The Labute approximate surface area is 78.9 Å². The van der Waals surface area contributed by atoms with Gasteiger partial charge in [0, 0.05) is 5.75 Å². The molecule has 1 aliphatic rings.